The lowest BCUT2D eigenvalue weighted by atomic mass is 10.2. The zero-order chi connectivity index (χ0) is 12.8. The Morgan fingerprint density at radius 2 is 2.41 bits per heavy atom. The second kappa shape index (κ2) is 5.59. The monoisotopic (exact) mass is 238 g/mol. The predicted octanol–water partition coefficient (Wildman–Crippen LogP) is 1.64. The van der Waals surface area contributed by atoms with Crippen molar-refractivity contribution in [2.75, 3.05) is 6.61 Å². The first-order valence-corrected chi connectivity index (χ1v) is 4.67. The number of pyridine rings is 1. The Balaban J connectivity index is 3.00. The molecule has 0 radical (unpaired) electrons. The third-order valence-corrected chi connectivity index (χ3v) is 1.84. The second-order valence-electron chi connectivity index (χ2n) is 3.04. The summed E-state index contributed by atoms with van der Waals surface area (Å²) in [6.45, 7) is 3.67. The van der Waals surface area contributed by atoms with E-state index in [4.69, 9.17) is 9.84 Å². The van der Waals surface area contributed by atoms with Gasteiger partial charge in [0.1, 0.15) is 0 Å². The normalized spacial score (nSPS) is 9.65. The van der Waals surface area contributed by atoms with Crippen LogP contribution in [-0.2, 0) is 0 Å². The van der Waals surface area contributed by atoms with Crippen molar-refractivity contribution in [2.45, 2.75) is 6.42 Å². The van der Waals surface area contributed by atoms with E-state index in [1.54, 1.807) is 6.08 Å². The van der Waals surface area contributed by atoms with Gasteiger partial charge in [0.2, 0.25) is 0 Å². The summed E-state index contributed by atoms with van der Waals surface area (Å²) in [4.78, 5) is 24.2. The van der Waals surface area contributed by atoms with Gasteiger partial charge in [0.15, 0.2) is 0 Å². The summed E-state index contributed by atoms with van der Waals surface area (Å²) < 4.78 is 5.06. The molecule has 0 amide bonds. The lowest BCUT2D eigenvalue weighted by Gasteiger charge is -2.04. The Bertz CT molecular complexity index is 458. The first kappa shape index (κ1) is 12.6. The molecule has 0 saturated heterocycles. The molecule has 1 heterocycles. The molecule has 1 aromatic heterocycles. The molecule has 0 aliphatic carbocycles. The van der Waals surface area contributed by atoms with Crippen LogP contribution in [0.15, 0.2) is 24.9 Å². The van der Waals surface area contributed by atoms with Crippen molar-refractivity contribution < 1.29 is 19.6 Å². The molecule has 90 valence electrons. The first-order chi connectivity index (χ1) is 8.06. The van der Waals surface area contributed by atoms with Crippen LogP contribution in [0.5, 0.6) is 5.88 Å². The molecule has 0 bridgehead atoms. The van der Waals surface area contributed by atoms with Gasteiger partial charge in [-0.3, -0.25) is 10.1 Å². The fraction of sp³-hybridized carbons (Fsp3) is 0.200. The highest BCUT2D eigenvalue weighted by atomic mass is 16.6. The highest BCUT2D eigenvalue weighted by Gasteiger charge is 2.19. The summed E-state index contributed by atoms with van der Waals surface area (Å²) in [5.41, 5.74) is -0.721. The molecule has 7 nitrogen and oxygen atoms in total. The smallest absolute Gasteiger partial charge is 0.337 e. The van der Waals surface area contributed by atoms with E-state index < -0.39 is 16.6 Å². The Hall–Kier alpha value is -2.44. The predicted molar refractivity (Wildman–Crippen MR) is 58.2 cm³/mol. The molecule has 17 heavy (non-hydrogen) atoms. The Labute approximate surface area is 96.5 Å². The van der Waals surface area contributed by atoms with Crippen LogP contribution in [0, 0.1) is 10.1 Å². The summed E-state index contributed by atoms with van der Waals surface area (Å²) in [6, 6.07) is 0.915. The molecule has 0 fully saturated rings. The molecule has 1 aromatic rings. The van der Waals surface area contributed by atoms with Gasteiger partial charge in [0.25, 0.3) is 5.88 Å². The van der Waals surface area contributed by atoms with Gasteiger partial charge in [-0.15, -0.1) is 6.58 Å². The number of carboxylic acid groups (broad SMARTS) is 1. The number of aromatic carboxylic acids is 1. The Morgan fingerprint density at radius 3 is 2.94 bits per heavy atom. The van der Waals surface area contributed by atoms with E-state index >= 15 is 0 Å². The number of carboxylic acids is 1. The minimum atomic E-state index is -1.28. The van der Waals surface area contributed by atoms with Gasteiger partial charge < -0.3 is 9.84 Å². The molecule has 7 heteroatoms. The van der Waals surface area contributed by atoms with E-state index in [2.05, 4.69) is 11.6 Å². The van der Waals surface area contributed by atoms with E-state index in [9.17, 15) is 14.9 Å². The third-order valence-electron chi connectivity index (χ3n) is 1.84. The van der Waals surface area contributed by atoms with Gasteiger partial charge >= 0.3 is 11.7 Å². The average molecular weight is 238 g/mol. The largest absolute Gasteiger partial charge is 0.478 e. The summed E-state index contributed by atoms with van der Waals surface area (Å²) in [6.07, 6.45) is 3.12. The number of hydrogen-bond acceptors (Lipinski definition) is 5. The SMILES string of the molecule is C=CCCOc1ncc(C(=O)O)cc1[N+](=O)[O-]. The summed E-state index contributed by atoms with van der Waals surface area (Å²) in [5.74, 6) is -1.47. The number of nitrogens with zero attached hydrogens (tertiary/aromatic N) is 2. The van der Waals surface area contributed by atoms with Gasteiger partial charge in [-0.25, -0.2) is 9.78 Å². The van der Waals surface area contributed by atoms with Gasteiger partial charge in [0, 0.05) is 12.3 Å². The molecule has 0 unspecified atom stereocenters. The van der Waals surface area contributed by atoms with Crippen molar-refractivity contribution in [3.05, 3.63) is 40.6 Å². The van der Waals surface area contributed by atoms with E-state index in [1.807, 2.05) is 0 Å². The zero-order valence-electron chi connectivity index (χ0n) is 8.83. The fourth-order valence-corrected chi connectivity index (χ4v) is 1.04. The van der Waals surface area contributed by atoms with E-state index in [0.717, 1.165) is 12.3 Å². The number of nitro groups is 1. The third kappa shape index (κ3) is 3.26. The maximum absolute atomic E-state index is 10.7. The summed E-state index contributed by atoms with van der Waals surface area (Å²) >= 11 is 0. The summed E-state index contributed by atoms with van der Waals surface area (Å²) in [7, 11) is 0. The first-order valence-electron chi connectivity index (χ1n) is 4.67. The van der Waals surface area contributed by atoms with Crippen LogP contribution in [0.1, 0.15) is 16.8 Å². The van der Waals surface area contributed by atoms with Crippen molar-refractivity contribution in [3.63, 3.8) is 0 Å². The topological polar surface area (TPSA) is 103 Å². The minimum absolute atomic E-state index is 0.193. The molecular formula is C10H10N2O5. The lowest BCUT2D eigenvalue weighted by molar-refractivity contribution is -0.386. The van der Waals surface area contributed by atoms with Crippen LogP contribution in [-0.4, -0.2) is 27.6 Å². The van der Waals surface area contributed by atoms with Crippen molar-refractivity contribution >= 4 is 11.7 Å². The Kier molecular flexibility index (Phi) is 4.15. The van der Waals surface area contributed by atoms with Gasteiger partial charge in [-0.05, 0) is 6.42 Å². The molecule has 0 spiro atoms. The number of ether oxygens (including phenoxy) is 1. The van der Waals surface area contributed by atoms with Crippen molar-refractivity contribution in [1.82, 2.24) is 4.98 Å². The molecule has 0 aliphatic heterocycles. The average Bonchev–Trinajstić information content (AvgIpc) is 2.29. The quantitative estimate of drug-likeness (QED) is 0.350. The molecular weight excluding hydrogens is 228 g/mol. The van der Waals surface area contributed by atoms with E-state index in [-0.39, 0.29) is 18.1 Å². The molecule has 0 aromatic carbocycles. The molecule has 0 saturated carbocycles. The van der Waals surface area contributed by atoms with Crippen LogP contribution >= 0.6 is 0 Å². The van der Waals surface area contributed by atoms with Crippen molar-refractivity contribution in [2.24, 2.45) is 0 Å². The van der Waals surface area contributed by atoms with E-state index in [1.165, 1.54) is 0 Å². The molecule has 1 N–H and O–H groups in total. The Morgan fingerprint density at radius 1 is 1.71 bits per heavy atom. The van der Waals surface area contributed by atoms with Gasteiger partial charge in [-0.1, -0.05) is 6.08 Å². The van der Waals surface area contributed by atoms with Crippen molar-refractivity contribution in [1.29, 1.82) is 0 Å². The van der Waals surface area contributed by atoms with Gasteiger partial charge in [0.05, 0.1) is 17.1 Å². The van der Waals surface area contributed by atoms with Crippen LogP contribution in [0.3, 0.4) is 0 Å². The second-order valence-corrected chi connectivity index (χ2v) is 3.04. The fourth-order valence-electron chi connectivity index (χ4n) is 1.04. The standard InChI is InChI=1S/C10H10N2O5/c1-2-3-4-17-9-8(12(15)16)5-7(6-11-9)10(13)14/h2,5-6H,1,3-4H2,(H,13,14). The minimum Gasteiger partial charge on any atom is -0.478 e. The maximum atomic E-state index is 10.7. The van der Waals surface area contributed by atoms with E-state index in [0.29, 0.717) is 6.42 Å². The number of carbonyl (C=O) groups is 1. The van der Waals surface area contributed by atoms with Crippen LogP contribution in [0.4, 0.5) is 5.69 Å². The number of aromatic nitrogens is 1. The molecule has 1 rings (SSSR count). The number of hydrogen-bond donors (Lipinski definition) is 1. The lowest BCUT2D eigenvalue weighted by Crippen LogP contribution is -2.05. The van der Waals surface area contributed by atoms with Crippen LogP contribution < -0.4 is 4.74 Å². The molecule has 0 atom stereocenters. The highest BCUT2D eigenvalue weighted by Crippen LogP contribution is 2.25. The van der Waals surface area contributed by atoms with Crippen LogP contribution in [0.25, 0.3) is 0 Å². The van der Waals surface area contributed by atoms with Crippen LogP contribution in [0.2, 0.25) is 0 Å². The van der Waals surface area contributed by atoms with Gasteiger partial charge in [-0.2, -0.15) is 0 Å². The zero-order valence-corrected chi connectivity index (χ0v) is 8.83. The number of rotatable bonds is 6. The molecule has 0 aliphatic rings. The highest BCUT2D eigenvalue weighted by molar-refractivity contribution is 5.88. The van der Waals surface area contributed by atoms with Crippen molar-refractivity contribution in [3.8, 4) is 5.88 Å². The maximum Gasteiger partial charge on any atom is 0.337 e. The summed E-state index contributed by atoms with van der Waals surface area (Å²) in [5, 5.41) is 19.4.